The summed E-state index contributed by atoms with van der Waals surface area (Å²) in [6.07, 6.45) is 6.67. The van der Waals surface area contributed by atoms with Gasteiger partial charge < -0.3 is 20.3 Å². The lowest BCUT2D eigenvalue weighted by Crippen LogP contribution is -2.47. The van der Waals surface area contributed by atoms with Crippen LogP contribution in [0.5, 0.6) is 0 Å². The van der Waals surface area contributed by atoms with Crippen molar-refractivity contribution in [3.63, 3.8) is 0 Å². The number of hydrogen-bond donors (Lipinski definition) is 2. The Hall–Kier alpha value is -2.27. The van der Waals surface area contributed by atoms with Crippen molar-refractivity contribution in [2.45, 2.75) is 18.1 Å². The van der Waals surface area contributed by atoms with Gasteiger partial charge in [0.2, 0.25) is 0 Å². The molecule has 2 unspecified atom stereocenters. The van der Waals surface area contributed by atoms with Gasteiger partial charge in [-0.05, 0) is 31.7 Å². The maximum Gasteiger partial charge on any atom is 0.339 e. The SMILES string of the molecule is CNC1=CCC(NC)(C2OC(=O)c3cc(N(C)C)ccc32)C=C1. The molecule has 0 bridgehead atoms. The second kappa shape index (κ2) is 5.74. The molecule has 0 fully saturated rings. The van der Waals surface area contributed by atoms with E-state index in [0.717, 1.165) is 23.4 Å². The van der Waals surface area contributed by atoms with Crippen LogP contribution in [0.1, 0.15) is 28.4 Å². The zero-order chi connectivity index (χ0) is 16.6. The highest BCUT2D eigenvalue weighted by Gasteiger charge is 2.45. The molecule has 1 aromatic carbocycles. The fourth-order valence-corrected chi connectivity index (χ4v) is 3.19. The quantitative estimate of drug-likeness (QED) is 0.833. The highest BCUT2D eigenvalue weighted by molar-refractivity contribution is 5.95. The third-order valence-corrected chi connectivity index (χ3v) is 4.72. The minimum Gasteiger partial charge on any atom is -0.452 e. The number of nitrogens with one attached hydrogen (secondary N) is 2. The third-order valence-electron chi connectivity index (χ3n) is 4.72. The number of fused-ring (bicyclic) bond motifs is 1. The number of nitrogens with zero attached hydrogens (tertiary/aromatic N) is 1. The first-order valence-corrected chi connectivity index (χ1v) is 7.79. The Morgan fingerprint density at radius 1 is 1.30 bits per heavy atom. The molecule has 0 saturated heterocycles. The van der Waals surface area contributed by atoms with Gasteiger partial charge >= 0.3 is 5.97 Å². The second-order valence-electron chi connectivity index (χ2n) is 6.19. The Morgan fingerprint density at radius 2 is 2.09 bits per heavy atom. The van der Waals surface area contributed by atoms with Crippen LogP contribution in [-0.4, -0.2) is 39.7 Å². The summed E-state index contributed by atoms with van der Waals surface area (Å²) in [7, 11) is 7.73. The Labute approximate surface area is 137 Å². The summed E-state index contributed by atoms with van der Waals surface area (Å²) >= 11 is 0. The fraction of sp³-hybridized carbons (Fsp3) is 0.389. The van der Waals surface area contributed by atoms with Crippen LogP contribution in [-0.2, 0) is 4.74 Å². The van der Waals surface area contributed by atoms with Crippen molar-refractivity contribution < 1.29 is 9.53 Å². The minimum atomic E-state index is -0.416. The smallest absolute Gasteiger partial charge is 0.339 e. The second-order valence-corrected chi connectivity index (χ2v) is 6.19. The predicted molar refractivity (Wildman–Crippen MR) is 91.6 cm³/mol. The van der Waals surface area contributed by atoms with E-state index in [1.165, 1.54) is 0 Å². The van der Waals surface area contributed by atoms with E-state index < -0.39 is 5.54 Å². The van der Waals surface area contributed by atoms with Gasteiger partial charge in [0, 0.05) is 38.1 Å². The molecule has 0 radical (unpaired) electrons. The highest BCUT2D eigenvalue weighted by atomic mass is 16.6. The molecule has 0 saturated carbocycles. The summed E-state index contributed by atoms with van der Waals surface area (Å²) in [6, 6.07) is 5.94. The van der Waals surface area contributed by atoms with Gasteiger partial charge in [0.1, 0.15) is 6.10 Å². The summed E-state index contributed by atoms with van der Waals surface area (Å²) in [5.74, 6) is -0.250. The topological polar surface area (TPSA) is 53.6 Å². The molecule has 0 spiro atoms. The number of benzene rings is 1. The van der Waals surface area contributed by atoms with Crippen LogP contribution >= 0.6 is 0 Å². The van der Waals surface area contributed by atoms with Gasteiger partial charge in [-0.1, -0.05) is 18.2 Å². The van der Waals surface area contributed by atoms with Gasteiger partial charge in [-0.25, -0.2) is 4.79 Å². The minimum absolute atomic E-state index is 0.250. The number of esters is 1. The van der Waals surface area contributed by atoms with Crippen LogP contribution in [0, 0.1) is 0 Å². The van der Waals surface area contributed by atoms with E-state index in [1.54, 1.807) is 0 Å². The highest BCUT2D eigenvalue weighted by Crippen LogP contribution is 2.43. The average Bonchev–Trinajstić information content (AvgIpc) is 2.92. The van der Waals surface area contributed by atoms with Crippen LogP contribution in [0.25, 0.3) is 0 Å². The number of allylic oxidation sites excluding steroid dienone is 1. The fourth-order valence-electron chi connectivity index (χ4n) is 3.19. The molecule has 5 heteroatoms. The van der Waals surface area contributed by atoms with E-state index >= 15 is 0 Å². The molecule has 0 aromatic heterocycles. The first kappa shape index (κ1) is 15.6. The Morgan fingerprint density at radius 3 is 2.65 bits per heavy atom. The lowest BCUT2D eigenvalue weighted by Gasteiger charge is -2.36. The molecule has 3 rings (SSSR count). The molecule has 122 valence electrons. The average molecular weight is 313 g/mol. The molecule has 2 aliphatic rings. The van der Waals surface area contributed by atoms with Crippen molar-refractivity contribution >= 4 is 11.7 Å². The normalized spacial score (nSPS) is 25.7. The number of carbonyl (C=O) groups excluding carboxylic acids is 1. The van der Waals surface area contributed by atoms with Crippen molar-refractivity contribution in [3.05, 3.63) is 53.3 Å². The molecular formula is C18H23N3O2. The molecule has 2 atom stereocenters. The molecule has 1 heterocycles. The maximum atomic E-state index is 12.4. The molecule has 5 nitrogen and oxygen atoms in total. The summed E-state index contributed by atoms with van der Waals surface area (Å²) in [4.78, 5) is 14.3. The molecule has 0 amide bonds. The van der Waals surface area contributed by atoms with Gasteiger partial charge in [-0.2, -0.15) is 0 Å². The number of ether oxygens (including phenoxy) is 1. The standard InChI is InChI=1S/C18H23N3O2/c1-19-12-7-9-18(20-2,10-8-12)16-14-6-5-13(21(3)4)11-15(14)17(22)23-16/h5-9,11,16,19-20H,10H2,1-4H3. The van der Waals surface area contributed by atoms with Crippen LogP contribution in [0.4, 0.5) is 5.69 Å². The Bertz CT molecular complexity index is 694. The number of rotatable bonds is 4. The first-order valence-electron chi connectivity index (χ1n) is 7.79. The van der Waals surface area contributed by atoms with E-state index in [9.17, 15) is 4.79 Å². The van der Waals surface area contributed by atoms with Gasteiger partial charge in [0.25, 0.3) is 0 Å². The van der Waals surface area contributed by atoms with E-state index in [4.69, 9.17) is 4.74 Å². The van der Waals surface area contributed by atoms with Crippen LogP contribution in [0.15, 0.2) is 42.1 Å². The number of cyclic esters (lactones) is 1. The van der Waals surface area contributed by atoms with Gasteiger partial charge in [-0.15, -0.1) is 0 Å². The van der Waals surface area contributed by atoms with Gasteiger partial charge in [-0.3, -0.25) is 0 Å². The Kier molecular flexibility index (Phi) is 3.90. The first-order chi connectivity index (χ1) is 11.0. The molecule has 1 aliphatic carbocycles. The van der Waals surface area contributed by atoms with Crippen molar-refractivity contribution in [3.8, 4) is 0 Å². The summed E-state index contributed by atoms with van der Waals surface area (Å²) in [5, 5.41) is 6.49. The van der Waals surface area contributed by atoms with E-state index in [2.05, 4.69) is 22.8 Å². The predicted octanol–water partition coefficient (Wildman–Crippen LogP) is 1.99. The van der Waals surface area contributed by atoms with Gasteiger partial charge in [0.05, 0.1) is 11.1 Å². The molecular weight excluding hydrogens is 290 g/mol. The van der Waals surface area contributed by atoms with Crippen LogP contribution in [0.2, 0.25) is 0 Å². The number of hydrogen-bond acceptors (Lipinski definition) is 5. The number of carbonyl (C=O) groups is 1. The van der Waals surface area contributed by atoms with Crippen LogP contribution < -0.4 is 15.5 Å². The Balaban J connectivity index is 1.99. The zero-order valence-electron chi connectivity index (χ0n) is 14.0. The van der Waals surface area contributed by atoms with E-state index in [0.29, 0.717) is 5.56 Å². The van der Waals surface area contributed by atoms with Crippen molar-refractivity contribution in [2.75, 3.05) is 33.1 Å². The van der Waals surface area contributed by atoms with Crippen molar-refractivity contribution in [1.82, 2.24) is 10.6 Å². The molecule has 2 N–H and O–H groups in total. The van der Waals surface area contributed by atoms with Crippen LogP contribution in [0.3, 0.4) is 0 Å². The summed E-state index contributed by atoms with van der Waals surface area (Å²) in [5.41, 5.74) is 3.26. The van der Waals surface area contributed by atoms with E-state index in [1.807, 2.05) is 57.4 Å². The van der Waals surface area contributed by atoms with E-state index in [-0.39, 0.29) is 12.1 Å². The largest absolute Gasteiger partial charge is 0.452 e. The third kappa shape index (κ3) is 2.51. The molecule has 1 aliphatic heterocycles. The lowest BCUT2D eigenvalue weighted by atomic mass is 9.81. The molecule has 23 heavy (non-hydrogen) atoms. The monoisotopic (exact) mass is 313 g/mol. The lowest BCUT2D eigenvalue weighted by molar-refractivity contribution is 0.0194. The summed E-state index contributed by atoms with van der Waals surface area (Å²) in [6.45, 7) is 0. The van der Waals surface area contributed by atoms with Gasteiger partial charge in [0.15, 0.2) is 0 Å². The number of anilines is 1. The maximum absolute atomic E-state index is 12.4. The summed E-state index contributed by atoms with van der Waals surface area (Å²) < 4.78 is 5.75. The number of likely N-dealkylation sites (N-methyl/N-ethyl adjacent to an activating group) is 2. The van der Waals surface area contributed by atoms with Crippen molar-refractivity contribution in [1.29, 1.82) is 0 Å². The zero-order valence-corrected chi connectivity index (χ0v) is 14.0. The molecule has 1 aromatic rings. The van der Waals surface area contributed by atoms with Crippen molar-refractivity contribution in [2.24, 2.45) is 0 Å².